The van der Waals surface area contributed by atoms with Crippen molar-refractivity contribution >= 4 is 29.2 Å². The smallest absolute Gasteiger partial charge is 0.329 e. The van der Waals surface area contributed by atoms with Gasteiger partial charge in [0.05, 0.1) is 13.7 Å². The van der Waals surface area contributed by atoms with Crippen LogP contribution >= 0.6 is 11.6 Å². The Morgan fingerprint density at radius 3 is 2.63 bits per heavy atom. The number of alkyl halides is 1. The highest BCUT2D eigenvalue weighted by atomic mass is 35.5. The van der Waals surface area contributed by atoms with E-state index in [1.165, 1.54) is 4.90 Å². The SMILES string of the molecule is [2H]C(Cl)C(=O)N(c1c(C)cccc1C)C1CCOC1=O. The first-order chi connectivity index (χ1) is 9.43. The summed E-state index contributed by atoms with van der Waals surface area (Å²) < 4.78 is 12.4. The number of carbonyl (C=O) groups excluding carboxylic acids is 2. The van der Waals surface area contributed by atoms with Gasteiger partial charge in [0.2, 0.25) is 5.91 Å². The molecule has 1 aromatic carbocycles. The van der Waals surface area contributed by atoms with Crippen LogP contribution in [0.15, 0.2) is 18.2 Å². The highest BCUT2D eigenvalue weighted by Crippen LogP contribution is 2.29. The molecule has 0 radical (unpaired) electrons. The van der Waals surface area contributed by atoms with Crippen molar-refractivity contribution in [3.8, 4) is 0 Å². The first kappa shape index (κ1) is 12.5. The standard InChI is InChI=1S/C14H16ClNO3/c1-9-4-3-5-10(2)13(9)16(12(17)8-15)11-6-7-19-14(11)18/h3-5,11H,6-8H2,1-2H3/i8D. The maximum atomic E-state index is 12.3. The third-order valence-electron chi connectivity index (χ3n) is 3.23. The second-order valence-corrected chi connectivity index (χ2v) is 4.75. The van der Waals surface area contributed by atoms with Gasteiger partial charge in [0, 0.05) is 6.42 Å². The van der Waals surface area contributed by atoms with Crippen LogP contribution in [0, 0.1) is 13.8 Å². The number of benzene rings is 1. The zero-order valence-electron chi connectivity index (χ0n) is 11.9. The van der Waals surface area contributed by atoms with Gasteiger partial charge in [-0.25, -0.2) is 4.79 Å². The molecule has 0 bridgehead atoms. The van der Waals surface area contributed by atoms with E-state index in [1.807, 2.05) is 32.0 Å². The summed E-state index contributed by atoms with van der Waals surface area (Å²) in [6, 6.07) is 4.89. The Morgan fingerprint density at radius 2 is 2.16 bits per heavy atom. The fourth-order valence-electron chi connectivity index (χ4n) is 2.38. The molecule has 1 fully saturated rings. The van der Waals surface area contributed by atoms with Crippen molar-refractivity contribution < 1.29 is 15.7 Å². The van der Waals surface area contributed by atoms with Gasteiger partial charge < -0.3 is 4.74 Å². The van der Waals surface area contributed by atoms with Gasteiger partial charge in [-0.05, 0) is 25.0 Å². The number of esters is 1. The number of para-hydroxylation sites is 1. The van der Waals surface area contributed by atoms with Crippen LogP contribution in [0.2, 0.25) is 0 Å². The minimum atomic E-state index is -1.44. The lowest BCUT2D eigenvalue weighted by Crippen LogP contribution is -2.44. The van der Waals surface area contributed by atoms with Crippen molar-refractivity contribution in [3.63, 3.8) is 0 Å². The Bertz CT molecular complexity index is 527. The van der Waals surface area contributed by atoms with Gasteiger partial charge in [-0.15, -0.1) is 11.6 Å². The van der Waals surface area contributed by atoms with Crippen molar-refractivity contribution in [2.24, 2.45) is 0 Å². The molecule has 1 aliphatic heterocycles. The summed E-state index contributed by atoms with van der Waals surface area (Å²) in [5.41, 5.74) is 2.35. The molecule has 1 aliphatic rings. The summed E-state index contributed by atoms with van der Waals surface area (Å²) in [5.74, 6) is -2.49. The summed E-state index contributed by atoms with van der Waals surface area (Å²) >= 11 is 5.63. The molecule has 1 amide bonds. The van der Waals surface area contributed by atoms with Crippen molar-refractivity contribution in [1.82, 2.24) is 0 Å². The summed E-state index contributed by atoms with van der Waals surface area (Å²) in [6.07, 6.45) is 0.419. The topological polar surface area (TPSA) is 46.6 Å². The molecular weight excluding hydrogens is 266 g/mol. The monoisotopic (exact) mass is 282 g/mol. The molecule has 2 unspecified atom stereocenters. The van der Waals surface area contributed by atoms with Gasteiger partial charge in [0.1, 0.15) is 11.9 Å². The third-order valence-corrected chi connectivity index (χ3v) is 3.42. The number of amides is 1. The summed E-state index contributed by atoms with van der Waals surface area (Å²) in [7, 11) is 0. The van der Waals surface area contributed by atoms with Crippen molar-refractivity contribution in [1.29, 1.82) is 0 Å². The second kappa shape index (κ2) is 5.61. The Morgan fingerprint density at radius 1 is 1.53 bits per heavy atom. The number of ether oxygens (including phenoxy) is 1. The predicted molar refractivity (Wildman–Crippen MR) is 73.5 cm³/mol. The number of aryl methyl sites for hydroxylation is 2. The van der Waals surface area contributed by atoms with Crippen molar-refractivity contribution in [2.75, 3.05) is 17.4 Å². The van der Waals surface area contributed by atoms with E-state index in [0.717, 1.165) is 11.1 Å². The Balaban J connectivity index is 2.51. The molecule has 2 atom stereocenters. The van der Waals surface area contributed by atoms with Gasteiger partial charge in [0.25, 0.3) is 0 Å². The number of hydrogen-bond donors (Lipinski definition) is 0. The zero-order chi connectivity index (χ0) is 14.9. The molecule has 19 heavy (non-hydrogen) atoms. The molecule has 102 valence electrons. The number of cyclic esters (lactones) is 1. The molecule has 2 rings (SSSR count). The van der Waals surface area contributed by atoms with Crippen LogP contribution in [0.1, 0.15) is 18.9 Å². The van der Waals surface area contributed by atoms with E-state index in [4.69, 9.17) is 17.7 Å². The maximum Gasteiger partial charge on any atom is 0.329 e. The van der Waals surface area contributed by atoms with E-state index in [-0.39, 0.29) is 6.61 Å². The molecule has 0 N–H and O–H groups in total. The van der Waals surface area contributed by atoms with E-state index in [0.29, 0.717) is 12.1 Å². The number of hydrogen-bond acceptors (Lipinski definition) is 3. The Labute approximate surface area is 118 Å². The van der Waals surface area contributed by atoms with Crippen LogP contribution in [0.5, 0.6) is 0 Å². The van der Waals surface area contributed by atoms with Crippen LogP contribution in [0.3, 0.4) is 0 Å². The van der Waals surface area contributed by atoms with E-state index in [9.17, 15) is 9.59 Å². The molecule has 0 spiro atoms. The molecule has 0 saturated carbocycles. The van der Waals surface area contributed by atoms with Crippen LogP contribution in [-0.4, -0.2) is 30.4 Å². The van der Waals surface area contributed by atoms with E-state index < -0.39 is 23.8 Å². The first-order valence-electron chi connectivity index (χ1n) is 6.63. The van der Waals surface area contributed by atoms with Gasteiger partial charge in [-0.1, -0.05) is 18.2 Å². The summed E-state index contributed by atoms with van der Waals surface area (Å²) in [6.45, 7) is 4.00. The summed E-state index contributed by atoms with van der Waals surface area (Å²) in [4.78, 5) is 25.4. The second-order valence-electron chi connectivity index (χ2n) is 4.53. The molecule has 1 heterocycles. The number of halogens is 1. The van der Waals surface area contributed by atoms with Gasteiger partial charge >= 0.3 is 5.97 Å². The largest absolute Gasteiger partial charge is 0.464 e. The lowest BCUT2D eigenvalue weighted by Gasteiger charge is -2.28. The lowest BCUT2D eigenvalue weighted by atomic mass is 10.0. The summed E-state index contributed by atoms with van der Waals surface area (Å²) in [5, 5.41) is 0. The average Bonchev–Trinajstić information content (AvgIpc) is 2.79. The van der Waals surface area contributed by atoms with E-state index >= 15 is 0 Å². The van der Waals surface area contributed by atoms with Gasteiger partial charge in [-0.3, -0.25) is 9.69 Å². The maximum absolute atomic E-state index is 12.3. The minimum absolute atomic E-state index is 0.281. The van der Waals surface area contributed by atoms with E-state index in [1.54, 1.807) is 0 Å². The number of anilines is 1. The van der Waals surface area contributed by atoms with Crippen LogP contribution < -0.4 is 4.90 Å². The fourth-order valence-corrected chi connectivity index (χ4v) is 2.48. The first-order valence-corrected chi connectivity index (χ1v) is 6.49. The van der Waals surface area contributed by atoms with Crippen LogP contribution in [-0.2, 0) is 14.3 Å². The molecule has 4 nitrogen and oxygen atoms in total. The Hall–Kier alpha value is -1.55. The predicted octanol–water partition coefficient (Wildman–Crippen LogP) is 2.19. The number of carbonyl (C=O) groups is 2. The number of nitrogens with zero attached hydrogens (tertiary/aromatic N) is 1. The van der Waals surface area contributed by atoms with Crippen LogP contribution in [0.25, 0.3) is 0 Å². The van der Waals surface area contributed by atoms with Crippen LogP contribution in [0.4, 0.5) is 5.69 Å². The zero-order valence-corrected chi connectivity index (χ0v) is 11.6. The van der Waals surface area contributed by atoms with Crippen molar-refractivity contribution in [3.05, 3.63) is 29.3 Å². The Kier molecular flexibility index (Phi) is 3.69. The lowest BCUT2D eigenvalue weighted by molar-refractivity contribution is -0.140. The fraction of sp³-hybridized carbons (Fsp3) is 0.429. The molecule has 1 saturated heterocycles. The average molecular weight is 283 g/mol. The molecule has 0 aliphatic carbocycles. The third kappa shape index (κ3) is 2.59. The highest BCUT2D eigenvalue weighted by molar-refractivity contribution is 6.30. The van der Waals surface area contributed by atoms with Crippen molar-refractivity contribution in [2.45, 2.75) is 26.3 Å². The number of rotatable bonds is 3. The quantitative estimate of drug-likeness (QED) is 0.631. The normalized spacial score (nSPS) is 20.7. The highest BCUT2D eigenvalue weighted by Gasteiger charge is 2.37. The van der Waals surface area contributed by atoms with E-state index in [2.05, 4.69) is 0 Å². The minimum Gasteiger partial charge on any atom is -0.464 e. The van der Waals surface area contributed by atoms with Gasteiger partial charge in [0.15, 0.2) is 0 Å². The molecule has 5 heteroatoms. The molecular formula is C14H16ClNO3. The van der Waals surface area contributed by atoms with Gasteiger partial charge in [-0.2, -0.15) is 0 Å². The molecule has 0 aromatic heterocycles. The molecule has 1 aromatic rings.